The van der Waals surface area contributed by atoms with Crippen molar-refractivity contribution in [3.05, 3.63) is 27.7 Å². The predicted molar refractivity (Wildman–Crippen MR) is 84.5 cm³/mol. The first-order chi connectivity index (χ1) is 9.61. The van der Waals surface area contributed by atoms with Gasteiger partial charge in [-0.3, -0.25) is 4.79 Å². The Balaban J connectivity index is 2.33. The summed E-state index contributed by atoms with van der Waals surface area (Å²) >= 11 is 3.29. The number of carbonyl (C=O) groups is 1. The van der Waals surface area contributed by atoms with E-state index >= 15 is 0 Å². The van der Waals surface area contributed by atoms with Crippen LogP contribution in [0.4, 0.5) is 0 Å². The van der Waals surface area contributed by atoms with Crippen LogP contribution in [0.2, 0.25) is 0 Å². The van der Waals surface area contributed by atoms with E-state index in [0.29, 0.717) is 34.0 Å². The molecule has 1 aliphatic carbocycles. The van der Waals surface area contributed by atoms with E-state index in [0.717, 1.165) is 6.42 Å². The lowest BCUT2D eigenvalue weighted by Gasteiger charge is -2.19. The van der Waals surface area contributed by atoms with Gasteiger partial charge in [0.15, 0.2) is 0 Å². The second-order valence-corrected chi connectivity index (χ2v) is 8.20. The third-order valence-electron chi connectivity index (χ3n) is 4.01. The lowest BCUT2D eigenvalue weighted by atomic mass is 10.1. The molecule has 1 saturated carbocycles. The zero-order valence-corrected chi connectivity index (χ0v) is 14.7. The average molecular weight is 375 g/mol. The van der Waals surface area contributed by atoms with Gasteiger partial charge in [0.05, 0.1) is 4.90 Å². The fourth-order valence-corrected chi connectivity index (χ4v) is 3.51. The third-order valence-corrected chi connectivity index (χ3v) is 5.72. The molecule has 1 fully saturated rings. The average Bonchev–Trinajstić information content (AvgIpc) is 3.05. The second-order valence-electron chi connectivity index (χ2n) is 5.78. The number of rotatable bonds is 4. The lowest BCUT2D eigenvalue weighted by Crippen LogP contribution is -2.30. The Morgan fingerprint density at radius 2 is 2.05 bits per heavy atom. The highest BCUT2D eigenvalue weighted by molar-refractivity contribution is 9.10. The maximum Gasteiger partial charge on any atom is 0.253 e. The Morgan fingerprint density at radius 3 is 2.52 bits per heavy atom. The van der Waals surface area contributed by atoms with Gasteiger partial charge < -0.3 is 4.90 Å². The smallest absolute Gasteiger partial charge is 0.253 e. The van der Waals surface area contributed by atoms with Gasteiger partial charge in [0.25, 0.3) is 5.91 Å². The SMILES string of the molecule is Cc1c(Br)cc(S(N)(=O)=O)cc1C(=O)N(C)CC1CC1C. The molecule has 7 heteroatoms. The van der Waals surface area contributed by atoms with E-state index in [4.69, 9.17) is 5.14 Å². The number of nitrogens with two attached hydrogens (primary N) is 1. The lowest BCUT2D eigenvalue weighted by molar-refractivity contribution is 0.0786. The maximum atomic E-state index is 12.5. The fourth-order valence-electron chi connectivity index (χ4n) is 2.33. The molecular formula is C14H19BrN2O3S. The second kappa shape index (κ2) is 5.70. The van der Waals surface area contributed by atoms with E-state index in [1.165, 1.54) is 12.1 Å². The van der Waals surface area contributed by atoms with E-state index in [1.54, 1.807) is 18.9 Å². The third kappa shape index (κ3) is 3.64. The maximum absolute atomic E-state index is 12.5. The molecule has 0 aliphatic heterocycles. The molecule has 5 nitrogen and oxygen atoms in total. The first-order valence-corrected chi connectivity index (χ1v) is 9.03. The molecule has 2 atom stereocenters. The van der Waals surface area contributed by atoms with Crippen molar-refractivity contribution in [1.82, 2.24) is 4.90 Å². The summed E-state index contributed by atoms with van der Waals surface area (Å²) in [6.07, 6.45) is 1.14. The molecule has 0 spiro atoms. The van der Waals surface area contributed by atoms with Crippen molar-refractivity contribution in [2.75, 3.05) is 13.6 Å². The molecule has 0 aromatic heterocycles. The standard InChI is InChI=1S/C14H19BrN2O3S/c1-8-4-10(8)7-17(3)14(18)12-5-11(21(16,19)20)6-13(15)9(12)2/h5-6,8,10H,4,7H2,1-3H3,(H2,16,19,20). The number of amides is 1. The number of halogens is 1. The van der Waals surface area contributed by atoms with E-state index in [2.05, 4.69) is 22.9 Å². The highest BCUT2D eigenvalue weighted by atomic mass is 79.9. The van der Waals surface area contributed by atoms with Crippen LogP contribution >= 0.6 is 15.9 Å². The number of nitrogens with zero attached hydrogens (tertiary/aromatic N) is 1. The van der Waals surface area contributed by atoms with Crippen molar-refractivity contribution >= 4 is 31.9 Å². The van der Waals surface area contributed by atoms with Crippen LogP contribution in [0.3, 0.4) is 0 Å². The van der Waals surface area contributed by atoms with Gasteiger partial charge in [0.2, 0.25) is 10.0 Å². The summed E-state index contributed by atoms with van der Waals surface area (Å²) in [6, 6.07) is 2.77. The molecule has 0 saturated heterocycles. The molecule has 0 heterocycles. The summed E-state index contributed by atoms with van der Waals surface area (Å²) in [4.78, 5) is 14.1. The molecule has 116 valence electrons. The summed E-state index contributed by atoms with van der Waals surface area (Å²) in [5.41, 5.74) is 1.08. The topological polar surface area (TPSA) is 80.5 Å². The van der Waals surface area contributed by atoms with Crippen LogP contribution in [0.1, 0.15) is 29.3 Å². The molecule has 1 amide bonds. The van der Waals surface area contributed by atoms with Crippen LogP contribution in [0.25, 0.3) is 0 Å². The molecular weight excluding hydrogens is 356 g/mol. The molecule has 1 aromatic rings. The minimum atomic E-state index is -3.84. The summed E-state index contributed by atoms with van der Waals surface area (Å²) < 4.78 is 23.6. The quantitative estimate of drug-likeness (QED) is 0.876. The fraction of sp³-hybridized carbons (Fsp3) is 0.500. The zero-order chi connectivity index (χ0) is 15.9. The monoisotopic (exact) mass is 374 g/mol. The highest BCUT2D eigenvalue weighted by Gasteiger charge is 2.34. The van der Waals surface area contributed by atoms with Gasteiger partial charge in [0.1, 0.15) is 0 Å². The Labute approximate surface area is 133 Å². The van der Waals surface area contributed by atoms with Crippen LogP contribution in [0.15, 0.2) is 21.5 Å². The summed E-state index contributed by atoms with van der Waals surface area (Å²) in [6.45, 7) is 4.63. The largest absolute Gasteiger partial charge is 0.341 e. The summed E-state index contributed by atoms with van der Waals surface area (Å²) in [5, 5.41) is 5.16. The van der Waals surface area contributed by atoms with E-state index in [9.17, 15) is 13.2 Å². The van der Waals surface area contributed by atoms with Gasteiger partial charge in [-0.05, 0) is 42.9 Å². The Hall–Kier alpha value is -0.920. The van der Waals surface area contributed by atoms with Gasteiger partial charge in [-0.25, -0.2) is 13.6 Å². The van der Waals surface area contributed by atoms with Crippen molar-refractivity contribution in [3.63, 3.8) is 0 Å². The first kappa shape index (κ1) is 16.5. The summed E-state index contributed by atoms with van der Waals surface area (Å²) in [7, 11) is -2.10. The van der Waals surface area contributed by atoms with Crippen molar-refractivity contribution in [2.24, 2.45) is 17.0 Å². The Bertz CT molecular complexity index is 688. The van der Waals surface area contributed by atoms with Crippen LogP contribution in [-0.2, 0) is 10.0 Å². The first-order valence-electron chi connectivity index (χ1n) is 6.69. The predicted octanol–water partition coefficient (Wildman–Crippen LogP) is 2.13. The summed E-state index contributed by atoms with van der Waals surface area (Å²) in [5.74, 6) is 1.02. The molecule has 2 rings (SSSR count). The molecule has 2 N–H and O–H groups in total. The number of hydrogen-bond donors (Lipinski definition) is 1. The van der Waals surface area contributed by atoms with Crippen LogP contribution < -0.4 is 5.14 Å². The van der Waals surface area contributed by atoms with Crippen LogP contribution in [0, 0.1) is 18.8 Å². The molecule has 0 bridgehead atoms. The van der Waals surface area contributed by atoms with E-state index in [-0.39, 0.29) is 10.8 Å². The van der Waals surface area contributed by atoms with E-state index < -0.39 is 10.0 Å². The molecule has 21 heavy (non-hydrogen) atoms. The Kier molecular flexibility index (Phi) is 4.46. The van der Waals surface area contributed by atoms with Gasteiger partial charge >= 0.3 is 0 Å². The Morgan fingerprint density at radius 1 is 1.48 bits per heavy atom. The normalized spacial score (nSPS) is 21.2. The van der Waals surface area contributed by atoms with Gasteiger partial charge in [-0.15, -0.1) is 0 Å². The van der Waals surface area contributed by atoms with Gasteiger partial charge in [0, 0.05) is 23.6 Å². The molecule has 1 aromatic carbocycles. The van der Waals surface area contributed by atoms with Crippen molar-refractivity contribution in [2.45, 2.75) is 25.2 Å². The minimum Gasteiger partial charge on any atom is -0.341 e. The molecule has 0 radical (unpaired) electrons. The van der Waals surface area contributed by atoms with Crippen LogP contribution in [-0.4, -0.2) is 32.8 Å². The number of sulfonamides is 1. The van der Waals surface area contributed by atoms with Crippen molar-refractivity contribution in [1.29, 1.82) is 0 Å². The number of carbonyl (C=O) groups excluding carboxylic acids is 1. The highest BCUT2D eigenvalue weighted by Crippen LogP contribution is 2.38. The van der Waals surface area contributed by atoms with Crippen molar-refractivity contribution < 1.29 is 13.2 Å². The van der Waals surface area contributed by atoms with Crippen molar-refractivity contribution in [3.8, 4) is 0 Å². The zero-order valence-electron chi connectivity index (χ0n) is 12.3. The van der Waals surface area contributed by atoms with E-state index in [1.807, 2.05) is 0 Å². The number of primary sulfonamides is 1. The molecule has 2 unspecified atom stereocenters. The van der Waals surface area contributed by atoms with Gasteiger partial charge in [-0.1, -0.05) is 22.9 Å². The minimum absolute atomic E-state index is 0.0588. The van der Waals surface area contributed by atoms with Gasteiger partial charge in [-0.2, -0.15) is 0 Å². The number of benzene rings is 1. The van der Waals surface area contributed by atoms with Crippen LogP contribution in [0.5, 0.6) is 0 Å². The number of hydrogen-bond acceptors (Lipinski definition) is 3. The molecule has 1 aliphatic rings.